The molecule has 100 valence electrons. The normalized spacial score (nSPS) is 40.8. The van der Waals surface area contributed by atoms with Crippen molar-refractivity contribution in [2.75, 3.05) is 13.1 Å². The van der Waals surface area contributed by atoms with Gasteiger partial charge in [-0.05, 0) is 45.2 Å². The van der Waals surface area contributed by atoms with Crippen LogP contribution in [0.3, 0.4) is 0 Å². The van der Waals surface area contributed by atoms with Crippen LogP contribution in [-0.2, 0) is 4.74 Å². The average Bonchev–Trinajstić information content (AvgIpc) is 2.32. The Balaban J connectivity index is 2.03. The predicted molar refractivity (Wildman–Crippen MR) is 69.0 cm³/mol. The molecule has 2 heterocycles. The van der Waals surface area contributed by atoms with Crippen LogP contribution in [0.4, 0.5) is 0 Å². The van der Waals surface area contributed by atoms with Crippen LogP contribution < -0.4 is 0 Å². The second-order valence-corrected chi connectivity index (χ2v) is 6.05. The van der Waals surface area contributed by atoms with Gasteiger partial charge in [-0.15, -0.1) is 0 Å². The van der Waals surface area contributed by atoms with E-state index < -0.39 is 0 Å². The second kappa shape index (κ2) is 5.68. The Labute approximate surface area is 105 Å². The van der Waals surface area contributed by atoms with Crippen LogP contribution in [0.25, 0.3) is 0 Å². The number of nitrogens with zero attached hydrogens (tertiary/aromatic N) is 1. The van der Waals surface area contributed by atoms with Crippen molar-refractivity contribution >= 4 is 0 Å². The molecular weight excluding hydrogens is 214 g/mol. The number of aliphatic hydroxyl groups is 1. The number of aliphatic hydroxyl groups excluding tert-OH is 1. The third-order valence-corrected chi connectivity index (χ3v) is 4.21. The molecule has 2 rings (SSSR count). The van der Waals surface area contributed by atoms with Crippen molar-refractivity contribution in [3.8, 4) is 0 Å². The lowest BCUT2D eigenvalue weighted by atomic mass is 9.88. The smallest absolute Gasteiger partial charge is 0.0960 e. The van der Waals surface area contributed by atoms with Crippen molar-refractivity contribution in [3.05, 3.63) is 0 Å². The fourth-order valence-corrected chi connectivity index (χ4v) is 3.27. The lowest BCUT2D eigenvalue weighted by Crippen LogP contribution is -2.57. The minimum Gasteiger partial charge on any atom is -0.389 e. The number of hydrogen-bond donors (Lipinski definition) is 1. The molecule has 1 N–H and O–H groups in total. The maximum Gasteiger partial charge on any atom is 0.0960 e. The number of rotatable bonds is 2. The highest BCUT2D eigenvalue weighted by atomic mass is 16.5. The van der Waals surface area contributed by atoms with Gasteiger partial charge in [0.1, 0.15) is 0 Å². The van der Waals surface area contributed by atoms with E-state index in [0.29, 0.717) is 12.0 Å². The third-order valence-electron chi connectivity index (χ3n) is 4.21. The Morgan fingerprint density at radius 3 is 2.41 bits per heavy atom. The van der Waals surface area contributed by atoms with Crippen molar-refractivity contribution in [3.63, 3.8) is 0 Å². The summed E-state index contributed by atoms with van der Waals surface area (Å²) in [5, 5.41) is 10.5. The number of likely N-dealkylation sites (tertiary alicyclic amines) is 1. The lowest BCUT2D eigenvalue weighted by Gasteiger charge is -2.46. The quantitative estimate of drug-likeness (QED) is 0.803. The Hall–Kier alpha value is -0.120. The van der Waals surface area contributed by atoms with Crippen LogP contribution in [0.1, 0.15) is 46.5 Å². The van der Waals surface area contributed by atoms with Gasteiger partial charge in [-0.25, -0.2) is 0 Å². The Morgan fingerprint density at radius 1 is 1.18 bits per heavy atom. The van der Waals surface area contributed by atoms with Crippen molar-refractivity contribution in [2.45, 2.75) is 70.8 Å². The van der Waals surface area contributed by atoms with E-state index in [2.05, 4.69) is 25.7 Å². The summed E-state index contributed by atoms with van der Waals surface area (Å²) in [5.41, 5.74) is 0. The van der Waals surface area contributed by atoms with E-state index in [9.17, 15) is 5.11 Å². The van der Waals surface area contributed by atoms with E-state index in [1.807, 2.05) is 0 Å². The van der Waals surface area contributed by atoms with Crippen molar-refractivity contribution in [2.24, 2.45) is 5.92 Å². The average molecular weight is 241 g/mol. The van der Waals surface area contributed by atoms with Crippen LogP contribution in [0, 0.1) is 5.92 Å². The first-order chi connectivity index (χ1) is 8.09. The molecule has 0 aromatic carbocycles. The Bertz CT molecular complexity index is 238. The first-order valence-electron chi connectivity index (χ1n) is 7.17. The fraction of sp³-hybridized carbons (Fsp3) is 1.00. The van der Waals surface area contributed by atoms with Gasteiger partial charge in [-0.1, -0.05) is 20.3 Å². The summed E-state index contributed by atoms with van der Waals surface area (Å²) in [7, 11) is 0. The van der Waals surface area contributed by atoms with Gasteiger partial charge in [0.05, 0.1) is 18.3 Å². The number of hydrogen-bond acceptors (Lipinski definition) is 3. The van der Waals surface area contributed by atoms with Crippen LogP contribution in [-0.4, -0.2) is 47.4 Å². The van der Waals surface area contributed by atoms with Crippen LogP contribution in [0.5, 0.6) is 0 Å². The number of ether oxygens (including phenoxy) is 1. The topological polar surface area (TPSA) is 32.7 Å². The van der Waals surface area contributed by atoms with E-state index in [4.69, 9.17) is 4.74 Å². The molecule has 0 aromatic heterocycles. The standard InChI is InChI=1S/C14H27NO2/c1-10(2)14-13(16)12(9-11(3)17-14)15-7-5-4-6-8-15/h10-14,16H,4-9H2,1-3H3/t11-,12+,13-,14+/m1/s1. The van der Waals surface area contributed by atoms with Gasteiger partial charge in [0.15, 0.2) is 0 Å². The van der Waals surface area contributed by atoms with E-state index in [-0.39, 0.29) is 18.3 Å². The largest absolute Gasteiger partial charge is 0.389 e. The molecule has 4 atom stereocenters. The van der Waals surface area contributed by atoms with Crippen molar-refractivity contribution < 1.29 is 9.84 Å². The Morgan fingerprint density at radius 2 is 1.82 bits per heavy atom. The van der Waals surface area contributed by atoms with E-state index >= 15 is 0 Å². The van der Waals surface area contributed by atoms with Gasteiger partial charge in [-0.3, -0.25) is 4.90 Å². The molecule has 0 spiro atoms. The number of piperidine rings is 1. The molecule has 0 radical (unpaired) electrons. The molecule has 2 aliphatic rings. The van der Waals surface area contributed by atoms with Crippen LogP contribution in [0.2, 0.25) is 0 Å². The van der Waals surface area contributed by atoms with Crippen molar-refractivity contribution in [1.82, 2.24) is 4.90 Å². The molecule has 0 aliphatic carbocycles. The summed E-state index contributed by atoms with van der Waals surface area (Å²) >= 11 is 0. The summed E-state index contributed by atoms with van der Waals surface area (Å²) in [6, 6.07) is 0.312. The van der Waals surface area contributed by atoms with Gasteiger partial charge in [0.25, 0.3) is 0 Å². The van der Waals surface area contributed by atoms with Crippen LogP contribution in [0.15, 0.2) is 0 Å². The Kier molecular flexibility index (Phi) is 4.45. The van der Waals surface area contributed by atoms with Gasteiger partial charge in [0.2, 0.25) is 0 Å². The monoisotopic (exact) mass is 241 g/mol. The van der Waals surface area contributed by atoms with Crippen LogP contribution >= 0.6 is 0 Å². The zero-order valence-electron chi connectivity index (χ0n) is 11.4. The molecule has 3 heteroatoms. The molecule has 0 bridgehead atoms. The van der Waals surface area contributed by atoms with Gasteiger partial charge in [0, 0.05) is 6.04 Å². The molecule has 2 saturated heterocycles. The highest BCUT2D eigenvalue weighted by molar-refractivity contribution is 4.92. The minimum atomic E-state index is -0.315. The highest BCUT2D eigenvalue weighted by Gasteiger charge is 2.40. The lowest BCUT2D eigenvalue weighted by molar-refractivity contribution is -0.164. The summed E-state index contributed by atoms with van der Waals surface area (Å²) in [6.07, 6.45) is 4.85. The summed E-state index contributed by atoms with van der Waals surface area (Å²) in [6.45, 7) is 8.72. The molecule has 17 heavy (non-hydrogen) atoms. The first-order valence-corrected chi connectivity index (χ1v) is 7.17. The van der Waals surface area contributed by atoms with Gasteiger partial charge < -0.3 is 9.84 Å². The van der Waals surface area contributed by atoms with Gasteiger partial charge in [-0.2, -0.15) is 0 Å². The predicted octanol–water partition coefficient (Wildman–Crippen LogP) is 2.04. The zero-order chi connectivity index (χ0) is 12.4. The zero-order valence-corrected chi connectivity index (χ0v) is 11.4. The molecule has 0 saturated carbocycles. The van der Waals surface area contributed by atoms with E-state index in [1.54, 1.807) is 0 Å². The third kappa shape index (κ3) is 3.01. The molecular formula is C14H27NO2. The molecule has 2 fully saturated rings. The second-order valence-electron chi connectivity index (χ2n) is 6.05. The molecule has 0 unspecified atom stereocenters. The molecule has 3 nitrogen and oxygen atoms in total. The minimum absolute atomic E-state index is 0.00526. The van der Waals surface area contributed by atoms with Crippen molar-refractivity contribution in [1.29, 1.82) is 0 Å². The maximum absolute atomic E-state index is 10.5. The first kappa shape index (κ1) is 13.3. The summed E-state index contributed by atoms with van der Waals surface area (Å²) in [4.78, 5) is 2.49. The summed E-state index contributed by atoms with van der Waals surface area (Å²) in [5.74, 6) is 0.389. The highest BCUT2D eigenvalue weighted by Crippen LogP contribution is 2.29. The molecule has 2 aliphatic heterocycles. The summed E-state index contributed by atoms with van der Waals surface area (Å²) < 4.78 is 5.90. The fourth-order valence-electron chi connectivity index (χ4n) is 3.27. The van der Waals surface area contributed by atoms with E-state index in [1.165, 1.54) is 19.3 Å². The molecule has 0 amide bonds. The maximum atomic E-state index is 10.5. The van der Waals surface area contributed by atoms with E-state index in [0.717, 1.165) is 19.5 Å². The SMILES string of the molecule is CC(C)[C@@H]1O[C@H](C)C[C@H](N2CCCCC2)[C@H]1O. The van der Waals surface area contributed by atoms with Gasteiger partial charge >= 0.3 is 0 Å². The molecule has 0 aromatic rings.